The van der Waals surface area contributed by atoms with Crippen LogP contribution < -0.4 is 0 Å². The van der Waals surface area contributed by atoms with Crippen molar-refractivity contribution in [2.24, 2.45) is 13.0 Å². The number of hydrogen-bond acceptors (Lipinski definition) is 2. The molecule has 0 radical (unpaired) electrons. The van der Waals surface area contributed by atoms with E-state index in [4.69, 9.17) is 0 Å². The van der Waals surface area contributed by atoms with Gasteiger partial charge in [0.1, 0.15) is 0 Å². The van der Waals surface area contributed by atoms with Gasteiger partial charge in [0.2, 0.25) is 0 Å². The van der Waals surface area contributed by atoms with Gasteiger partial charge in [-0.1, -0.05) is 32.0 Å². The number of carbonyl (C=O) groups excluding carboxylic acids is 1. The number of aromatic nitrogens is 2. The second-order valence-electron chi connectivity index (χ2n) is 4.49. The minimum atomic E-state index is 0.0248. The van der Waals surface area contributed by atoms with E-state index in [2.05, 4.69) is 4.98 Å². The van der Waals surface area contributed by atoms with E-state index in [9.17, 15) is 4.79 Å². The monoisotopic (exact) mass is 228 g/mol. The summed E-state index contributed by atoms with van der Waals surface area (Å²) in [5.41, 5.74) is 2.80. The maximum atomic E-state index is 11.9. The quantitative estimate of drug-likeness (QED) is 0.757. The van der Waals surface area contributed by atoms with Gasteiger partial charge in [-0.05, 0) is 6.07 Å². The fourth-order valence-corrected chi connectivity index (χ4v) is 1.80. The Morgan fingerprint density at radius 1 is 1.35 bits per heavy atom. The lowest BCUT2D eigenvalue weighted by Crippen LogP contribution is -2.07. The molecular formula is C14H16N2O. The van der Waals surface area contributed by atoms with Gasteiger partial charge in [-0.2, -0.15) is 0 Å². The smallest absolute Gasteiger partial charge is 0.165 e. The number of hydrogen-bond donors (Lipinski definition) is 0. The Kier molecular flexibility index (Phi) is 3.09. The zero-order chi connectivity index (χ0) is 12.4. The molecule has 0 aliphatic heterocycles. The lowest BCUT2D eigenvalue weighted by atomic mass is 9.99. The van der Waals surface area contributed by atoms with Crippen molar-refractivity contribution in [3.63, 3.8) is 0 Å². The number of nitrogens with zero attached hydrogens (tertiary/aromatic N) is 2. The van der Waals surface area contributed by atoms with Crippen molar-refractivity contribution in [1.82, 2.24) is 9.55 Å². The fourth-order valence-electron chi connectivity index (χ4n) is 1.80. The second kappa shape index (κ2) is 4.53. The largest absolute Gasteiger partial charge is 0.334 e. The zero-order valence-corrected chi connectivity index (χ0v) is 10.3. The molecule has 1 aromatic carbocycles. The summed E-state index contributed by atoms with van der Waals surface area (Å²) in [5, 5.41) is 0. The zero-order valence-electron chi connectivity index (χ0n) is 10.3. The first-order valence-corrected chi connectivity index (χ1v) is 5.70. The van der Waals surface area contributed by atoms with E-state index in [1.165, 1.54) is 0 Å². The summed E-state index contributed by atoms with van der Waals surface area (Å²) >= 11 is 0. The standard InChI is InChI=1S/C14H16N2O/c1-10(2)14(17)12-6-4-5-11(7-12)13-8-15-9-16(13)3/h4-10H,1-3H3. The van der Waals surface area contributed by atoms with E-state index in [0.717, 1.165) is 16.8 Å². The topological polar surface area (TPSA) is 34.9 Å². The van der Waals surface area contributed by atoms with Gasteiger partial charge >= 0.3 is 0 Å². The highest BCUT2D eigenvalue weighted by atomic mass is 16.1. The minimum absolute atomic E-state index is 0.0248. The first-order chi connectivity index (χ1) is 8.09. The highest BCUT2D eigenvalue weighted by molar-refractivity contribution is 5.98. The molecule has 0 amide bonds. The predicted molar refractivity (Wildman–Crippen MR) is 67.8 cm³/mol. The molecule has 0 atom stereocenters. The number of benzene rings is 1. The Morgan fingerprint density at radius 3 is 2.71 bits per heavy atom. The van der Waals surface area contributed by atoms with E-state index < -0.39 is 0 Å². The number of imidazole rings is 1. The first-order valence-electron chi connectivity index (χ1n) is 5.70. The molecular weight excluding hydrogens is 212 g/mol. The highest BCUT2D eigenvalue weighted by Crippen LogP contribution is 2.20. The molecule has 0 aliphatic carbocycles. The van der Waals surface area contributed by atoms with Gasteiger partial charge in [0.25, 0.3) is 0 Å². The van der Waals surface area contributed by atoms with Gasteiger partial charge in [-0.25, -0.2) is 4.98 Å². The molecule has 88 valence electrons. The minimum Gasteiger partial charge on any atom is -0.334 e. The molecule has 0 aliphatic rings. The maximum Gasteiger partial charge on any atom is 0.165 e. The third-order valence-corrected chi connectivity index (χ3v) is 2.78. The lowest BCUT2D eigenvalue weighted by Gasteiger charge is -2.07. The summed E-state index contributed by atoms with van der Waals surface area (Å²) in [5.74, 6) is 0.200. The van der Waals surface area contributed by atoms with Crippen LogP contribution in [0.2, 0.25) is 0 Å². The van der Waals surface area contributed by atoms with Crippen molar-refractivity contribution in [1.29, 1.82) is 0 Å². The number of ketones is 1. The van der Waals surface area contributed by atoms with Crippen molar-refractivity contribution in [2.75, 3.05) is 0 Å². The van der Waals surface area contributed by atoms with Gasteiger partial charge in [0.15, 0.2) is 5.78 Å². The van der Waals surface area contributed by atoms with Crippen molar-refractivity contribution in [3.05, 3.63) is 42.4 Å². The van der Waals surface area contributed by atoms with E-state index in [0.29, 0.717) is 0 Å². The molecule has 0 bridgehead atoms. The van der Waals surface area contributed by atoms with E-state index in [-0.39, 0.29) is 11.7 Å². The average molecular weight is 228 g/mol. The number of carbonyl (C=O) groups is 1. The Hall–Kier alpha value is -1.90. The first kappa shape index (κ1) is 11.6. The van der Waals surface area contributed by atoms with Gasteiger partial charge < -0.3 is 4.57 Å². The molecule has 0 fully saturated rings. The second-order valence-corrected chi connectivity index (χ2v) is 4.49. The molecule has 2 aromatic rings. The van der Waals surface area contributed by atoms with Gasteiger partial charge in [-0.3, -0.25) is 4.79 Å². The third kappa shape index (κ3) is 2.28. The Morgan fingerprint density at radius 2 is 2.12 bits per heavy atom. The Bertz CT molecular complexity index is 541. The van der Waals surface area contributed by atoms with Crippen LogP contribution in [-0.4, -0.2) is 15.3 Å². The molecule has 0 saturated heterocycles. The summed E-state index contributed by atoms with van der Waals surface area (Å²) < 4.78 is 1.94. The number of aryl methyl sites for hydroxylation is 1. The van der Waals surface area contributed by atoms with Gasteiger partial charge in [0.05, 0.1) is 18.2 Å². The van der Waals surface area contributed by atoms with E-state index in [1.807, 2.05) is 49.7 Å². The van der Waals surface area contributed by atoms with Crippen molar-refractivity contribution in [2.45, 2.75) is 13.8 Å². The van der Waals surface area contributed by atoms with Crippen LogP contribution in [0.1, 0.15) is 24.2 Å². The maximum absolute atomic E-state index is 11.9. The third-order valence-electron chi connectivity index (χ3n) is 2.78. The molecule has 3 heteroatoms. The molecule has 0 unspecified atom stereocenters. The Labute approximate surface area is 101 Å². The van der Waals surface area contributed by atoms with Crippen LogP contribution in [0.3, 0.4) is 0 Å². The van der Waals surface area contributed by atoms with E-state index in [1.54, 1.807) is 12.5 Å². The summed E-state index contributed by atoms with van der Waals surface area (Å²) in [6.45, 7) is 3.83. The fraction of sp³-hybridized carbons (Fsp3) is 0.286. The van der Waals surface area contributed by atoms with Crippen LogP contribution in [0.25, 0.3) is 11.3 Å². The molecule has 17 heavy (non-hydrogen) atoms. The number of rotatable bonds is 3. The molecule has 0 N–H and O–H groups in total. The SMILES string of the molecule is CC(C)C(=O)c1cccc(-c2cncn2C)c1. The van der Waals surface area contributed by atoms with Crippen LogP contribution >= 0.6 is 0 Å². The van der Waals surface area contributed by atoms with Crippen LogP contribution in [-0.2, 0) is 7.05 Å². The van der Waals surface area contributed by atoms with Crippen LogP contribution in [0.5, 0.6) is 0 Å². The van der Waals surface area contributed by atoms with Crippen molar-refractivity contribution < 1.29 is 4.79 Å². The van der Waals surface area contributed by atoms with E-state index >= 15 is 0 Å². The van der Waals surface area contributed by atoms with Crippen molar-refractivity contribution in [3.8, 4) is 11.3 Å². The summed E-state index contributed by atoms with van der Waals surface area (Å²) in [7, 11) is 1.94. The molecule has 0 saturated carbocycles. The summed E-state index contributed by atoms with van der Waals surface area (Å²) in [6, 6.07) is 7.70. The normalized spacial score (nSPS) is 10.8. The molecule has 3 nitrogen and oxygen atoms in total. The number of Topliss-reactive ketones (excluding diaryl/α,β-unsaturated/α-hetero) is 1. The molecule has 0 spiro atoms. The van der Waals surface area contributed by atoms with Gasteiger partial charge in [0, 0.05) is 24.1 Å². The molecule has 2 rings (SSSR count). The van der Waals surface area contributed by atoms with Crippen molar-refractivity contribution >= 4 is 5.78 Å². The predicted octanol–water partition coefficient (Wildman–Crippen LogP) is 2.93. The molecule has 1 aromatic heterocycles. The van der Waals surface area contributed by atoms with Crippen LogP contribution in [0.15, 0.2) is 36.8 Å². The van der Waals surface area contributed by atoms with Crippen LogP contribution in [0, 0.1) is 5.92 Å². The van der Waals surface area contributed by atoms with Crippen LogP contribution in [0.4, 0.5) is 0 Å². The lowest BCUT2D eigenvalue weighted by molar-refractivity contribution is 0.0939. The Balaban J connectivity index is 2.42. The summed E-state index contributed by atoms with van der Waals surface area (Å²) in [6.07, 6.45) is 3.56. The highest BCUT2D eigenvalue weighted by Gasteiger charge is 2.11. The summed E-state index contributed by atoms with van der Waals surface area (Å²) in [4.78, 5) is 16.0. The average Bonchev–Trinajstić information content (AvgIpc) is 2.74. The molecule has 1 heterocycles. The van der Waals surface area contributed by atoms with Gasteiger partial charge in [-0.15, -0.1) is 0 Å².